The van der Waals surface area contributed by atoms with Gasteiger partial charge in [-0.2, -0.15) is 0 Å². The van der Waals surface area contributed by atoms with Crippen molar-refractivity contribution >= 4 is 35.6 Å². The Kier molecular flexibility index (Phi) is 7.60. The zero-order chi connectivity index (χ0) is 15.9. The number of halogens is 2. The number of hydrogen-bond acceptors (Lipinski definition) is 3. The quantitative estimate of drug-likeness (QED) is 0.433. The van der Waals surface area contributed by atoms with E-state index < -0.39 is 0 Å². The Labute approximate surface area is 151 Å². The maximum Gasteiger partial charge on any atom is 0.193 e. The molecule has 5 nitrogen and oxygen atoms in total. The zero-order valence-electron chi connectivity index (χ0n) is 12.9. The summed E-state index contributed by atoms with van der Waals surface area (Å²) in [5.41, 5.74) is 7.39. The summed E-state index contributed by atoms with van der Waals surface area (Å²) in [7, 11) is 3.15. The molecule has 0 aliphatic carbocycles. The molecule has 124 valence electrons. The van der Waals surface area contributed by atoms with Gasteiger partial charge in [0.25, 0.3) is 0 Å². The summed E-state index contributed by atoms with van der Waals surface area (Å²) in [5.74, 6) is 1.26. The average Bonchev–Trinajstić information content (AvgIpc) is 2.54. The lowest BCUT2D eigenvalue weighted by molar-refractivity contribution is 0.405. The van der Waals surface area contributed by atoms with E-state index in [1.54, 1.807) is 44.6 Å². The van der Waals surface area contributed by atoms with E-state index in [2.05, 4.69) is 10.3 Å². The van der Waals surface area contributed by atoms with Crippen molar-refractivity contribution in [1.82, 2.24) is 0 Å². The number of ether oxygens (including phenoxy) is 2. The molecule has 23 heavy (non-hydrogen) atoms. The van der Waals surface area contributed by atoms with Crippen LogP contribution < -0.4 is 20.5 Å². The van der Waals surface area contributed by atoms with E-state index in [1.807, 2.05) is 0 Å². The van der Waals surface area contributed by atoms with Crippen molar-refractivity contribution in [3.05, 3.63) is 53.8 Å². The summed E-state index contributed by atoms with van der Waals surface area (Å²) in [6.07, 6.45) is 0. The van der Waals surface area contributed by atoms with E-state index in [1.165, 1.54) is 12.1 Å². The van der Waals surface area contributed by atoms with Crippen LogP contribution in [0.15, 0.2) is 47.5 Å². The molecule has 0 aliphatic rings. The number of benzene rings is 2. The molecule has 0 saturated heterocycles. The second-order valence-corrected chi connectivity index (χ2v) is 4.52. The van der Waals surface area contributed by atoms with Gasteiger partial charge >= 0.3 is 0 Å². The number of rotatable bonds is 5. The Hall–Kier alpha value is -2.03. The van der Waals surface area contributed by atoms with Gasteiger partial charge in [-0.15, -0.1) is 24.0 Å². The molecule has 2 aromatic carbocycles. The van der Waals surface area contributed by atoms with Gasteiger partial charge < -0.3 is 20.5 Å². The van der Waals surface area contributed by atoms with Gasteiger partial charge in [0.1, 0.15) is 17.3 Å². The van der Waals surface area contributed by atoms with Crippen molar-refractivity contribution in [2.24, 2.45) is 10.7 Å². The molecular formula is C16H19FIN3O2. The first-order valence-electron chi connectivity index (χ1n) is 6.66. The first kappa shape index (κ1) is 19.0. The van der Waals surface area contributed by atoms with E-state index in [0.29, 0.717) is 23.7 Å². The Morgan fingerprint density at radius 1 is 1.13 bits per heavy atom. The van der Waals surface area contributed by atoms with Crippen molar-refractivity contribution in [3.8, 4) is 11.5 Å². The molecule has 0 unspecified atom stereocenters. The topological polar surface area (TPSA) is 68.9 Å². The summed E-state index contributed by atoms with van der Waals surface area (Å²) in [4.78, 5) is 4.21. The lowest BCUT2D eigenvalue weighted by atomic mass is 10.2. The summed E-state index contributed by atoms with van der Waals surface area (Å²) in [6.45, 7) is 0.353. The van der Waals surface area contributed by atoms with Gasteiger partial charge in [-0.05, 0) is 29.8 Å². The van der Waals surface area contributed by atoms with Crippen LogP contribution in [0, 0.1) is 5.82 Å². The number of methoxy groups -OCH3 is 2. The molecule has 0 spiro atoms. The van der Waals surface area contributed by atoms with Gasteiger partial charge in [-0.3, -0.25) is 0 Å². The maximum atomic E-state index is 12.8. The average molecular weight is 431 g/mol. The van der Waals surface area contributed by atoms with Gasteiger partial charge in [0.05, 0.1) is 26.5 Å². The normalized spacial score (nSPS) is 10.7. The number of guanidine groups is 1. The molecular weight excluding hydrogens is 412 g/mol. The fourth-order valence-corrected chi connectivity index (χ4v) is 1.86. The summed E-state index contributed by atoms with van der Waals surface area (Å²) in [5, 5.41) is 2.97. The highest BCUT2D eigenvalue weighted by molar-refractivity contribution is 14.0. The smallest absolute Gasteiger partial charge is 0.193 e. The van der Waals surface area contributed by atoms with Crippen molar-refractivity contribution < 1.29 is 13.9 Å². The zero-order valence-corrected chi connectivity index (χ0v) is 15.2. The van der Waals surface area contributed by atoms with Crippen LogP contribution in [0.25, 0.3) is 0 Å². The third kappa shape index (κ3) is 5.59. The van der Waals surface area contributed by atoms with E-state index >= 15 is 0 Å². The van der Waals surface area contributed by atoms with Crippen LogP contribution in [0.4, 0.5) is 10.1 Å². The minimum atomic E-state index is -0.278. The maximum absolute atomic E-state index is 12.8. The first-order valence-corrected chi connectivity index (χ1v) is 6.66. The van der Waals surface area contributed by atoms with Gasteiger partial charge in [0.15, 0.2) is 5.96 Å². The predicted octanol–water partition coefficient (Wildman–Crippen LogP) is 3.39. The Morgan fingerprint density at radius 3 is 2.43 bits per heavy atom. The van der Waals surface area contributed by atoms with Crippen LogP contribution in [0.2, 0.25) is 0 Å². The minimum Gasteiger partial charge on any atom is -0.497 e. The van der Waals surface area contributed by atoms with E-state index in [9.17, 15) is 4.39 Å². The molecule has 0 fully saturated rings. The predicted molar refractivity (Wildman–Crippen MR) is 100 cm³/mol. The molecule has 0 aliphatic heterocycles. The second kappa shape index (κ2) is 9.19. The third-order valence-corrected chi connectivity index (χ3v) is 3.01. The van der Waals surface area contributed by atoms with Crippen molar-refractivity contribution in [1.29, 1.82) is 0 Å². The van der Waals surface area contributed by atoms with E-state index in [-0.39, 0.29) is 35.8 Å². The molecule has 2 aromatic rings. The number of nitrogens with zero attached hydrogens (tertiary/aromatic N) is 1. The van der Waals surface area contributed by atoms with Gasteiger partial charge in [0.2, 0.25) is 0 Å². The highest BCUT2D eigenvalue weighted by Gasteiger charge is 2.06. The fourth-order valence-electron chi connectivity index (χ4n) is 1.86. The van der Waals surface area contributed by atoms with Crippen LogP contribution >= 0.6 is 24.0 Å². The molecule has 0 saturated carbocycles. The standard InChI is InChI=1S/C16H18FN3O2.HI/c1-21-13-7-8-15(22-2)14(9-13)20-16(18)19-10-11-3-5-12(17)6-4-11;/h3-9H,10H2,1-2H3,(H3,18,19,20);1H. The molecule has 2 rings (SSSR count). The lowest BCUT2D eigenvalue weighted by Crippen LogP contribution is -2.23. The summed E-state index contributed by atoms with van der Waals surface area (Å²) in [6, 6.07) is 11.4. The van der Waals surface area contributed by atoms with Crippen LogP contribution in [-0.4, -0.2) is 20.2 Å². The largest absolute Gasteiger partial charge is 0.497 e. The highest BCUT2D eigenvalue weighted by atomic mass is 127. The van der Waals surface area contributed by atoms with Crippen molar-refractivity contribution in [2.45, 2.75) is 6.54 Å². The molecule has 3 N–H and O–H groups in total. The van der Waals surface area contributed by atoms with Gasteiger partial charge in [0, 0.05) is 6.07 Å². The number of hydrogen-bond donors (Lipinski definition) is 2. The Bertz CT molecular complexity index is 663. The van der Waals surface area contributed by atoms with Crippen molar-refractivity contribution in [2.75, 3.05) is 19.5 Å². The molecule has 0 radical (unpaired) electrons. The first-order chi connectivity index (χ1) is 10.6. The number of anilines is 1. The van der Waals surface area contributed by atoms with Crippen LogP contribution in [0.1, 0.15) is 5.56 Å². The monoisotopic (exact) mass is 431 g/mol. The van der Waals surface area contributed by atoms with Gasteiger partial charge in [-0.1, -0.05) is 12.1 Å². The lowest BCUT2D eigenvalue weighted by Gasteiger charge is -2.12. The number of nitrogens with one attached hydrogen (secondary N) is 1. The molecule has 0 heterocycles. The van der Waals surface area contributed by atoms with E-state index in [0.717, 1.165) is 5.56 Å². The number of aliphatic imine (C=N–C) groups is 1. The highest BCUT2D eigenvalue weighted by Crippen LogP contribution is 2.28. The Morgan fingerprint density at radius 2 is 1.83 bits per heavy atom. The summed E-state index contributed by atoms with van der Waals surface area (Å²) >= 11 is 0. The Balaban J connectivity index is 0.00000264. The molecule has 0 bridgehead atoms. The molecule has 0 aromatic heterocycles. The van der Waals surface area contributed by atoms with Crippen LogP contribution in [0.3, 0.4) is 0 Å². The molecule has 0 atom stereocenters. The minimum absolute atomic E-state index is 0. The van der Waals surface area contributed by atoms with Crippen LogP contribution in [0.5, 0.6) is 11.5 Å². The van der Waals surface area contributed by atoms with Crippen molar-refractivity contribution in [3.63, 3.8) is 0 Å². The second-order valence-electron chi connectivity index (χ2n) is 4.52. The van der Waals surface area contributed by atoms with Crippen LogP contribution in [-0.2, 0) is 6.54 Å². The molecule has 7 heteroatoms. The SMILES string of the molecule is COc1ccc(OC)c(NC(N)=NCc2ccc(F)cc2)c1.I. The third-order valence-electron chi connectivity index (χ3n) is 3.01. The summed E-state index contributed by atoms with van der Waals surface area (Å²) < 4.78 is 23.2. The number of nitrogens with two attached hydrogens (primary N) is 1. The van der Waals surface area contributed by atoms with Gasteiger partial charge in [-0.25, -0.2) is 9.38 Å². The fraction of sp³-hybridized carbons (Fsp3) is 0.188. The van der Waals surface area contributed by atoms with E-state index in [4.69, 9.17) is 15.2 Å². The molecule has 0 amide bonds.